The predicted octanol–water partition coefficient (Wildman–Crippen LogP) is 3.10. The monoisotopic (exact) mass is 380 g/mol. The summed E-state index contributed by atoms with van der Waals surface area (Å²) in [5, 5.41) is 3.21. The van der Waals surface area contributed by atoms with Crippen LogP contribution in [0.25, 0.3) is 0 Å². The van der Waals surface area contributed by atoms with E-state index in [1.807, 2.05) is 0 Å². The summed E-state index contributed by atoms with van der Waals surface area (Å²) in [5.41, 5.74) is -0.840. The van der Waals surface area contributed by atoms with Gasteiger partial charge in [-0.1, -0.05) is 12.1 Å². The van der Waals surface area contributed by atoms with Crippen molar-refractivity contribution in [2.75, 3.05) is 33.9 Å². The number of rotatable bonds is 5. The van der Waals surface area contributed by atoms with E-state index in [1.54, 1.807) is 20.2 Å². The van der Waals surface area contributed by atoms with Gasteiger partial charge in [-0.25, -0.2) is 0 Å². The van der Waals surface area contributed by atoms with Crippen molar-refractivity contribution in [1.82, 2.24) is 10.2 Å². The Morgan fingerprint density at radius 3 is 2.52 bits per heavy atom. The highest BCUT2D eigenvalue weighted by atomic mass is 35.5. The number of halogens is 4. The fraction of sp³-hybridized carbons (Fsp3) is 0.588. The zero-order valence-corrected chi connectivity index (χ0v) is 15.2. The molecule has 4 nitrogen and oxygen atoms in total. The third-order valence-corrected chi connectivity index (χ3v) is 4.46. The summed E-state index contributed by atoms with van der Waals surface area (Å²) in [6.07, 6.45) is -3.07. The van der Waals surface area contributed by atoms with Crippen LogP contribution in [0.5, 0.6) is 0 Å². The van der Waals surface area contributed by atoms with E-state index in [2.05, 4.69) is 5.32 Å². The molecule has 25 heavy (non-hydrogen) atoms. The molecule has 0 aliphatic carbocycles. The number of benzene rings is 1. The number of nitrogens with one attached hydrogen (secondary N) is 1. The molecule has 0 radical (unpaired) electrons. The first-order chi connectivity index (χ1) is 11.3. The number of piperidine rings is 1. The molecule has 1 heterocycles. The van der Waals surface area contributed by atoms with E-state index in [1.165, 1.54) is 11.0 Å². The highest BCUT2D eigenvalue weighted by molar-refractivity contribution is 5.85. The molecule has 2 rings (SSSR count). The molecule has 0 spiro atoms. The van der Waals surface area contributed by atoms with Crippen LogP contribution in [0.3, 0.4) is 0 Å². The van der Waals surface area contributed by atoms with E-state index in [4.69, 9.17) is 4.74 Å². The third kappa shape index (κ3) is 5.33. The molecule has 1 aromatic rings. The first-order valence-electron chi connectivity index (χ1n) is 7.90. The van der Waals surface area contributed by atoms with Crippen molar-refractivity contribution < 1.29 is 22.7 Å². The first-order valence-corrected chi connectivity index (χ1v) is 7.90. The second kappa shape index (κ2) is 8.87. The van der Waals surface area contributed by atoms with Crippen LogP contribution in [0, 0.1) is 5.41 Å². The van der Waals surface area contributed by atoms with Crippen molar-refractivity contribution >= 4 is 18.3 Å². The summed E-state index contributed by atoms with van der Waals surface area (Å²) in [6, 6.07) is 5.09. The van der Waals surface area contributed by atoms with Gasteiger partial charge in [-0.2, -0.15) is 13.2 Å². The topological polar surface area (TPSA) is 41.6 Å². The summed E-state index contributed by atoms with van der Waals surface area (Å²) < 4.78 is 43.7. The number of carbonyl (C=O) groups is 1. The van der Waals surface area contributed by atoms with Crippen LogP contribution >= 0.6 is 12.4 Å². The van der Waals surface area contributed by atoms with E-state index in [9.17, 15) is 18.0 Å². The van der Waals surface area contributed by atoms with Gasteiger partial charge < -0.3 is 15.0 Å². The normalized spacial score (nSPS) is 16.8. The van der Waals surface area contributed by atoms with E-state index < -0.39 is 17.2 Å². The van der Waals surface area contributed by atoms with E-state index in [0.29, 0.717) is 25.0 Å². The molecule has 1 N–H and O–H groups in total. The van der Waals surface area contributed by atoms with Gasteiger partial charge in [0.2, 0.25) is 5.91 Å². The van der Waals surface area contributed by atoms with Crippen LogP contribution in [-0.4, -0.2) is 44.7 Å². The number of hydrogen-bond acceptors (Lipinski definition) is 3. The Kier molecular flexibility index (Phi) is 7.71. The fourth-order valence-corrected chi connectivity index (χ4v) is 3.20. The van der Waals surface area contributed by atoms with Crippen molar-refractivity contribution in [3.63, 3.8) is 0 Å². The molecule has 0 aromatic heterocycles. The van der Waals surface area contributed by atoms with Gasteiger partial charge in [0.1, 0.15) is 0 Å². The molecule has 142 valence electrons. The Labute approximate surface area is 152 Å². The smallest absolute Gasteiger partial charge is 0.384 e. The summed E-state index contributed by atoms with van der Waals surface area (Å²) in [5.74, 6) is -0.0803. The van der Waals surface area contributed by atoms with Crippen molar-refractivity contribution in [3.8, 4) is 0 Å². The zero-order valence-electron chi connectivity index (χ0n) is 14.4. The van der Waals surface area contributed by atoms with E-state index >= 15 is 0 Å². The molecule has 0 unspecified atom stereocenters. The molecule has 1 fully saturated rings. The molecule has 1 aliphatic heterocycles. The highest BCUT2D eigenvalue weighted by Gasteiger charge is 2.41. The Hall–Kier alpha value is -1.31. The first kappa shape index (κ1) is 21.7. The molecule has 8 heteroatoms. The van der Waals surface area contributed by atoms with Gasteiger partial charge in [0, 0.05) is 20.7 Å². The van der Waals surface area contributed by atoms with Crippen molar-refractivity contribution in [2.24, 2.45) is 5.41 Å². The van der Waals surface area contributed by atoms with Crippen LogP contribution in [-0.2, 0) is 22.3 Å². The van der Waals surface area contributed by atoms with Crippen LogP contribution in [0.1, 0.15) is 24.0 Å². The van der Waals surface area contributed by atoms with Gasteiger partial charge in [0.25, 0.3) is 0 Å². The molecule has 1 aromatic carbocycles. The maximum absolute atomic E-state index is 12.9. The predicted molar refractivity (Wildman–Crippen MR) is 91.6 cm³/mol. The van der Waals surface area contributed by atoms with E-state index in [-0.39, 0.29) is 24.9 Å². The lowest BCUT2D eigenvalue weighted by Crippen LogP contribution is -2.50. The van der Waals surface area contributed by atoms with Crippen molar-refractivity contribution in [2.45, 2.75) is 25.6 Å². The Balaban J connectivity index is 0.00000312. The lowest BCUT2D eigenvalue weighted by atomic mass is 9.78. The average molecular weight is 381 g/mol. The molecule has 0 bridgehead atoms. The van der Waals surface area contributed by atoms with Gasteiger partial charge in [-0.3, -0.25) is 4.79 Å². The molecule has 1 amide bonds. The van der Waals surface area contributed by atoms with Gasteiger partial charge in [0.15, 0.2) is 0 Å². The average Bonchev–Trinajstić information content (AvgIpc) is 2.54. The van der Waals surface area contributed by atoms with Crippen LogP contribution < -0.4 is 5.32 Å². The van der Waals surface area contributed by atoms with Gasteiger partial charge in [-0.15, -0.1) is 12.4 Å². The van der Waals surface area contributed by atoms with Crippen LogP contribution in [0.4, 0.5) is 13.2 Å². The molecular formula is C17H24ClF3N2O2. The minimum Gasteiger partial charge on any atom is -0.384 e. The van der Waals surface area contributed by atoms with Crippen LogP contribution in [0.2, 0.25) is 0 Å². The summed E-state index contributed by atoms with van der Waals surface area (Å²) in [4.78, 5) is 14.4. The molecule has 0 saturated carbocycles. The number of methoxy groups -OCH3 is 1. The lowest BCUT2D eigenvalue weighted by molar-refractivity contribution is -0.146. The summed E-state index contributed by atoms with van der Waals surface area (Å²) >= 11 is 0. The number of carbonyl (C=O) groups excluding carboxylic acids is 1. The van der Waals surface area contributed by atoms with Gasteiger partial charge in [0.05, 0.1) is 17.6 Å². The highest BCUT2D eigenvalue weighted by Crippen LogP contribution is 2.33. The molecule has 1 aliphatic rings. The standard InChI is InChI=1S/C17H23F3N2O2.ClH/c1-22(11-13-4-3-5-14(10-13)17(18,19)20)15(23)16(12-24-2)6-8-21-9-7-16;/h3-5,10,21H,6-9,11-12H2,1-2H3;1H. The van der Waals surface area contributed by atoms with Gasteiger partial charge in [-0.05, 0) is 43.6 Å². The molecule has 1 saturated heterocycles. The van der Waals surface area contributed by atoms with Gasteiger partial charge >= 0.3 is 6.18 Å². The number of ether oxygens (including phenoxy) is 1. The summed E-state index contributed by atoms with van der Waals surface area (Å²) in [6.45, 7) is 1.92. The zero-order chi connectivity index (χ0) is 17.8. The maximum atomic E-state index is 12.9. The number of nitrogens with zero attached hydrogens (tertiary/aromatic N) is 1. The third-order valence-electron chi connectivity index (χ3n) is 4.46. The minimum absolute atomic E-state index is 0. The minimum atomic E-state index is -4.38. The Morgan fingerprint density at radius 2 is 1.96 bits per heavy atom. The number of hydrogen-bond donors (Lipinski definition) is 1. The largest absolute Gasteiger partial charge is 0.416 e. The van der Waals surface area contributed by atoms with Crippen LogP contribution in [0.15, 0.2) is 24.3 Å². The second-order valence-corrected chi connectivity index (χ2v) is 6.32. The number of alkyl halides is 3. The fourth-order valence-electron chi connectivity index (χ4n) is 3.20. The maximum Gasteiger partial charge on any atom is 0.416 e. The molecular weight excluding hydrogens is 357 g/mol. The van der Waals surface area contributed by atoms with Crippen molar-refractivity contribution in [3.05, 3.63) is 35.4 Å². The van der Waals surface area contributed by atoms with Crippen molar-refractivity contribution in [1.29, 1.82) is 0 Å². The Morgan fingerprint density at radius 1 is 1.32 bits per heavy atom. The van der Waals surface area contributed by atoms with E-state index in [0.717, 1.165) is 25.2 Å². The second-order valence-electron chi connectivity index (χ2n) is 6.32. The number of amides is 1. The SMILES string of the molecule is COCC1(C(=O)N(C)Cc2cccc(C(F)(F)F)c2)CCNCC1.Cl. The lowest BCUT2D eigenvalue weighted by Gasteiger charge is -2.38. The molecule has 0 atom stereocenters. The quantitative estimate of drug-likeness (QED) is 0.853. The Bertz CT molecular complexity index is 570. The summed E-state index contributed by atoms with van der Waals surface area (Å²) in [7, 11) is 3.19.